The number of rotatable bonds is 17. The van der Waals surface area contributed by atoms with Gasteiger partial charge in [0.25, 0.3) is 0 Å². The molecule has 0 radical (unpaired) electrons. The van der Waals surface area contributed by atoms with E-state index in [0.29, 0.717) is 5.92 Å². The minimum absolute atomic E-state index is 0.550. The third-order valence-electron chi connectivity index (χ3n) is 8.31. The van der Waals surface area contributed by atoms with Crippen LogP contribution in [0, 0.1) is 5.92 Å². The molecule has 0 aromatic carbocycles. The van der Waals surface area contributed by atoms with Crippen LogP contribution in [0.3, 0.4) is 0 Å². The van der Waals surface area contributed by atoms with Crippen molar-refractivity contribution < 1.29 is 8.54 Å². The molecule has 0 unspecified atom stereocenters. The van der Waals surface area contributed by atoms with Gasteiger partial charge < -0.3 is 18.3 Å². The number of amidine groups is 2. The second-order valence-corrected chi connectivity index (χ2v) is 21.8. The maximum Gasteiger partial charge on any atom is 0.321 e. The Morgan fingerprint density at radius 2 is 1.17 bits per heavy atom. The average Bonchev–Trinajstić information content (AvgIpc) is 2.89. The Labute approximate surface area is 254 Å². The van der Waals surface area contributed by atoms with Crippen LogP contribution in [0.1, 0.15) is 59.8 Å². The highest BCUT2D eigenvalue weighted by molar-refractivity contribution is 6.82. The zero-order valence-electron chi connectivity index (χ0n) is 28.0. The van der Waals surface area contributed by atoms with E-state index < -0.39 is 16.9 Å². The molecule has 0 spiro atoms. The summed E-state index contributed by atoms with van der Waals surface area (Å²) in [5.41, 5.74) is 0. The van der Waals surface area contributed by atoms with Crippen LogP contribution in [-0.4, -0.2) is 139 Å². The fourth-order valence-corrected chi connectivity index (χ4v) is 14.0. The van der Waals surface area contributed by atoms with Crippen molar-refractivity contribution in [1.82, 2.24) is 24.5 Å². The van der Waals surface area contributed by atoms with Crippen molar-refractivity contribution in [2.45, 2.75) is 92.0 Å². The molecule has 238 valence electrons. The van der Waals surface area contributed by atoms with Crippen molar-refractivity contribution in [2.24, 2.45) is 15.9 Å². The summed E-state index contributed by atoms with van der Waals surface area (Å²) in [5, 5.41) is 0. The molecular formula is C30H63N7O2Si2. The van der Waals surface area contributed by atoms with Gasteiger partial charge in [0, 0.05) is 65.5 Å². The van der Waals surface area contributed by atoms with Crippen molar-refractivity contribution in [3.8, 4) is 0 Å². The molecule has 0 aromatic rings. The van der Waals surface area contributed by atoms with E-state index in [1.165, 1.54) is 49.8 Å². The van der Waals surface area contributed by atoms with E-state index in [1.54, 1.807) is 0 Å². The van der Waals surface area contributed by atoms with Gasteiger partial charge in [-0.3, -0.25) is 24.7 Å². The first-order valence-electron chi connectivity index (χ1n) is 16.5. The minimum atomic E-state index is -2.07. The zero-order chi connectivity index (χ0) is 29.9. The molecule has 1 fully saturated rings. The predicted octanol–water partition coefficient (Wildman–Crippen LogP) is 4.79. The lowest BCUT2D eigenvalue weighted by Gasteiger charge is -2.43. The van der Waals surface area contributed by atoms with E-state index in [2.05, 4.69) is 88.4 Å². The van der Waals surface area contributed by atoms with Crippen LogP contribution in [0.15, 0.2) is 9.98 Å². The summed E-state index contributed by atoms with van der Waals surface area (Å²) in [7, 11) is -3.85. The summed E-state index contributed by atoms with van der Waals surface area (Å²) >= 11 is 0. The number of hydrogen-bond donors (Lipinski definition) is 0. The van der Waals surface area contributed by atoms with Crippen LogP contribution in [0.5, 0.6) is 0 Å². The van der Waals surface area contributed by atoms with Gasteiger partial charge in [0.2, 0.25) is 0 Å². The van der Waals surface area contributed by atoms with E-state index in [0.717, 1.165) is 85.5 Å². The number of hydrogen-bond acceptors (Lipinski definition) is 9. The molecule has 0 bridgehead atoms. The molecule has 41 heavy (non-hydrogen) atoms. The molecule has 0 atom stereocenters. The van der Waals surface area contributed by atoms with Gasteiger partial charge in [-0.1, -0.05) is 13.8 Å². The monoisotopic (exact) mass is 609 g/mol. The topological polar surface area (TPSA) is 59.4 Å². The Morgan fingerprint density at radius 1 is 0.707 bits per heavy atom. The molecule has 0 N–H and O–H groups in total. The summed E-state index contributed by atoms with van der Waals surface area (Å²) in [4.78, 5) is 22.3. The SMILES string of the molecule is CC1=NCCCN1CCCN1CN(CCCN2CCCN=C2C)CN(CCC[Si](C)(C)O[Si](C)(C)OCC(C)C)C1. The van der Waals surface area contributed by atoms with E-state index >= 15 is 0 Å². The minimum Gasteiger partial charge on any atom is -0.436 e. The molecule has 3 aliphatic rings. The van der Waals surface area contributed by atoms with Crippen LogP contribution in [-0.2, 0) is 8.54 Å². The van der Waals surface area contributed by atoms with Crippen LogP contribution in [0.4, 0.5) is 0 Å². The summed E-state index contributed by atoms with van der Waals surface area (Å²) in [6.07, 6.45) is 5.97. The first kappa shape index (κ1) is 34.7. The lowest BCUT2D eigenvalue weighted by molar-refractivity contribution is -0.0309. The molecule has 11 heteroatoms. The molecule has 9 nitrogen and oxygen atoms in total. The molecule has 0 amide bonds. The van der Waals surface area contributed by atoms with Gasteiger partial charge in [0.1, 0.15) is 0 Å². The lowest BCUT2D eigenvalue weighted by atomic mass is 10.2. The average molecular weight is 610 g/mol. The molecule has 3 rings (SSSR count). The third kappa shape index (κ3) is 13.1. The third-order valence-corrected chi connectivity index (χ3v) is 14.9. The van der Waals surface area contributed by atoms with Gasteiger partial charge in [-0.05, 0) is 84.1 Å². The van der Waals surface area contributed by atoms with E-state index in [9.17, 15) is 0 Å². The Balaban J connectivity index is 1.49. The molecule has 0 aliphatic carbocycles. The van der Waals surface area contributed by atoms with Crippen LogP contribution < -0.4 is 0 Å². The Hall–Kier alpha value is -0.826. The fourth-order valence-electron chi connectivity index (χ4n) is 6.29. The van der Waals surface area contributed by atoms with Gasteiger partial charge in [-0.25, -0.2) is 0 Å². The Kier molecular flexibility index (Phi) is 14.3. The first-order chi connectivity index (χ1) is 19.4. The van der Waals surface area contributed by atoms with Crippen molar-refractivity contribution in [2.75, 3.05) is 85.5 Å². The van der Waals surface area contributed by atoms with Gasteiger partial charge >= 0.3 is 8.56 Å². The summed E-state index contributed by atoms with van der Waals surface area (Å²) in [6.45, 7) is 32.0. The number of nitrogens with zero attached hydrogens (tertiary/aromatic N) is 7. The second kappa shape index (κ2) is 16.9. The van der Waals surface area contributed by atoms with Gasteiger partial charge in [0.05, 0.1) is 31.7 Å². The van der Waals surface area contributed by atoms with Crippen LogP contribution in [0.2, 0.25) is 32.2 Å². The summed E-state index contributed by atoms with van der Waals surface area (Å²) in [6, 6.07) is 1.19. The van der Waals surface area contributed by atoms with Crippen molar-refractivity contribution in [3.63, 3.8) is 0 Å². The van der Waals surface area contributed by atoms with Crippen molar-refractivity contribution in [1.29, 1.82) is 0 Å². The van der Waals surface area contributed by atoms with Gasteiger partial charge in [-0.2, -0.15) is 0 Å². The lowest BCUT2D eigenvalue weighted by Crippen LogP contribution is -2.56. The number of aliphatic imine (C=N–C) groups is 2. The van der Waals surface area contributed by atoms with Crippen LogP contribution in [0.25, 0.3) is 0 Å². The van der Waals surface area contributed by atoms with E-state index in [1.807, 2.05) is 0 Å². The highest BCUT2D eigenvalue weighted by atomic mass is 28.4. The summed E-state index contributed by atoms with van der Waals surface area (Å²) in [5.74, 6) is 3.00. The normalized spacial score (nSPS) is 20.6. The molecule has 0 saturated carbocycles. The standard InChI is InChI=1S/C30H63N7O2Si2/c1-28(2)24-38-41(7,8)39-40(5,6)23-13-18-35-26-33(16-11-21-36-19-9-14-31-29(36)3)25-34(27-35)17-12-22-37-20-10-15-32-30(37)4/h28H,9-27H2,1-8H3. The molecule has 1 saturated heterocycles. The Morgan fingerprint density at radius 3 is 1.61 bits per heavy atom. The first-order valence-corrected chi connectivity index (χ1v) is 22.4. The highest BCUT2D eigenvalue weighted by Gasteiger charge is 2.35. The molecule has 0 aromatic heterocycles. The predicted molar refractivity (Wildman–Crippen MR) is 179 cm³/mol. The Bertz CT molecular complexity index is 796. The van der Waals surface area contributed by atoms with Crippen LogP contribution >= 0.6 is 0 Å². The van der Waals surface area contributed by atoms with E-state index in [4.69, 9.17) is 8.54 Å². The van der Waals surface area contributed by atoms with Gasteiger partial charge in [-0.15, -0.1) is 0 Å². The summed E-state index contributed by atoms with van der Waals surface area (Å²) < 4.78 is 13.0. The highest BCUT2D eigenvalue weighted by Crippen LogP contribution is 2.22. The maximum atomic E-state index is 6.73. The maximum absolute atomic E-state index is 6.73. The van der Waals surface area contributed by atoms with E-state index in [-0.39, 0.29) is 0 Å². The second-order valence-electron chi connectivity index (χ2n) is 13.9. The largest absolute Gasteiger partial charge is 0.436 e. The smallest absolute Gasteiger partial charge is 0.321 e. The molecule has 3 heterocycles. The van der Waals surface area contributed by atoms with Gasteiger partial charge in [0.15, 0.2) is 8.32 Å². The molecule has 3 aliphatic heterocycles. The fraction of sp³-hybridized carbons (Fsp3) is 0.933. The van der Waals surface area contributed by atoms with Crippen molar-refractivity contribution >= 4 is 28.5 Å². The quantitative estimate of drug-likeness (QED) is 0.220. The van der Waals surface area contributed by atoms with Crippen molar-refractivity contribution in [3.05, 3.63) is 0 Å². The zero-order valence-corrected chi connectivity index (χ0v) is 30.0. The molecular weight excluding hydrogens is 547 g/mol.